The Balaban J connectivity index is 1.65. The summed E-state index contributed by atoms with van der Waals surface area (Å²) in [5, 5.41) is 4.93. The number of nitrogens with one attached hydrogen (secondary N) is 1. The van der Waals surface area contributed by atoms with Crippen LogP contribution in [0.5, 0.6) is 5.75 Å². The van der Waals surface area contributed by atoms with Crippen LogP contribution in [0.25, 0.3) is 10.6 Å². The summed E-state index contributed by atoms with van der Waals surface area (Å²) in [6, 6.07) is 4.70. The summed E-state index contributed by atoms with van der Waals surface area (Å²) in [5.41, 5.74) is 0.663. The van der Waals surface area contributed by atoms with Crippen LogP contribution in [0.2, 0.25) is 0 Å². The zero-order valence-corrected chi connectivity index (χ0v) is 14.9. The first kappa shape index (κ1) is 17.8. The van der Waals surface area contributed by atoms with Crippen LogP contribution < -0.4 is 10.1 Å². The van der Waals surface area contributed by atoms with E-state index < -0.39 is 5.82 Å². The van der Waals surface area contributed by atoms with Gasteiger partial charge in [0, 0.05) is 30.2 Å². The molecular weight excluding hydrogens is 343 g/mol. The number of nitrogens with zero attached hydrogens (tertiary/aromatic N) is 1. The van der Waals surface area contributed by atoms with Crippen molar-refractivity contribution >= 4 is 17.2 Å². The molecule has 0 spiro atoms. The van der Waals surface area contributed by atoms with Crippen LogP contribution >= 0.6 is 11.3 Å². The van der Waals surface area contributed by atoms with Gasteiger partial charge in [0.25, 0.3) is 5.91 Å². The first-order valence-electron chi connectivity index (χ1n) is 8.45. The van der Waals surface area contributed by atoms with Crippen molar-refractivity contribution in [3.63, 3.8) is 0 Å². The van der Waals surface area contributed by atoms with E-state index in [1.54, 1.807) is 17.5 Å². The predicted molar refractivity (Wildman–Crippen MR) is 94.6 cm³/mol. The fourth-order valence-electron chi connectivity index (χ4n) is 2.58. The van der Waals surface area contributed by atoms with Crippen molar-refractivity contribution in [2.24, 2.45) is 0 Å². The highest BCUT2D eigenvalue weighted by Gasteiger charge is 2.19. The molecule has 1 amide bonds. The maximum atomic E-state index is 14.3. The van der Waals surface area contributed by atoms with E-state index in [4.69, 9.17) is 9.47 Å². The number of hydrogen-bond donors (Lipinski definition) is 1. The fraction of sp³-hybridized carbons (Fsp3) is 0.444. The number of benzene rings is 1. The van der Waals surface area contributed by atoms with Crippen LogP contribution in [0, 0.1) is 5.82 Å². The van der Waals surface area contributed by atoms with Crippen LogP contribution in [-0.2, 0) is 4.74 Å². The first-order valence-corrected chi connectivity index (χ1v) is 9.33. The number of rotatable bonds is 7. The topological polar surface area (TPSA) is 60.5 Å². The normalized spacial score (nSPS) is 16.8. The second kappa shape index (κ2) is 8.40. The number of carbonyl (C=O) groups excluding carboxylic acids is 1. The Labute approximate surface area is 150 Å². The van der Waals surface area contributed by atoms with E-state index in [-0.39, 0.29) is 12.0 Å². The van der Waals surface area contributed by atoms with Gasteiger partial charge in [-0.05, 0) is 31.4 Å². The van der Waals surface area contributed by atoms with Crippen molar-refractivity contribution < 1.29 is 18.7 Å². The molecule has 0 bridgehead atoms. The van der Waals surface area contributed by atoms with E-state index in [0.717, 1.165) is 25.9 Å². The van der Waals surface area contributed by atoms with E-state index in [9.17, 15) is 9.18 Å². The van der Waals surface area contributed by atoms with Gasteiger partial charge in [-0.15, -0.1) is 11.3 Å². The van der Waals surface area contributed by atoms with E-state index in [2.05, 4.69) is 10.3 Å². The third-order valence-electron chi connectivity index (χ3n) is 3.89. The third kappa shape index (κ3) is 4.55. The highest BCUT2D eigenvalue weighted by atomic mass is 32.1. The average molecular weight is 364 g/mol. The molecule has 1 atom stereocenters. The number of thiazole rings is 1. The largest absolute Gasteiger partial charge is 0.494 e. The van der Waals surface area contributed by atoms with Gasteiger partial charge in [0.2, 0.25) is 0 Å². The number of carbonyl (C=O) groups is 1. The summed E-state index contributed by atoms with van der Waals surface area (Å²) >= 11 is 1.24. The van der Waals surface area contributed by atoms with Gasteiger partial charge in [0.15, 0.2) is 0 Å². The summed E-state index contributed by atoms with van der Waals surface area (Å²) in [6.45, 7) is 3.76. The number of aromatic nitrogens is 1. The minimum absolute atomic E-state index is 0.0789. The molecule has 2 aromatic rings. The highest BCUT2D eigenvalue weighted by molar-refractivity contribution is 7.13. The van der Waals surface area contributed by atoms with E-state index in [1.165, 1.54) is 17.4 Å². The SMILES string of the molecule is CCCOc1ccc(-c2nc(C(=O)NC[C@@H]3CCCO3)cs2)c(F)c1. The molecule has 3 rings (SSSR count). The van der Waals surface area contributed by atoms with Gasteiger partial charge >= 0.3 is 0 Å². The summed E-state index contributed by atoms with van der Waals surface area (Å²) in [4.78, 5) is 16.4. The molecule has 2 heterocycles. The molecule has 0 aliphatic carbocycles. The zero-order chi connectivity index (χ0) is 17.6. The standard InChI is InChI=1S/C18H21FN2O3S/c1-2-7-23-12-5-6-14(15(19)9-12)18-21-16(11-25-18)17(22)20-10-13-4-3-8-24-13/h5-6,9,11,13H,2-4,7-8,10H2,1H3,(H,20,22)/t13-/m0/s1. The lowest BCUT2D eigenvalue weighted by atomic mass is 10.2. The van der Waals surface area contributed by atoms with Crippen molar-refractivity contribution in [2.75, 3.05) is 19.8 Å². The van der Waals surface area contributed by atoms with Gasteiger partial charge in [-0.3, -0.25) is 4.79 Å². The van der Waals surface area contributed by atoms with E-state index in [0.29, 0.717) is 35.2 Å². The van der Waals surface area contributed by atoms with E-state index in [1.807, 2.05) is 6.92 Å². The lowest BCUT2D eigenvalue weighted by molar-refractivity contribution is 0.0854. The Morgan fingerprint density at radius 1 is 1.52 bits per heavy atom. The summed E-state index contributed by atoms with van der Waals surface area (Å²) < 4.78 is 25.2. The van der Waals surface area contributed by atoms with Crippen molar-refractivity contribution in [1.82, 2.24) is 10.3 Å². The van der Waals surface area contributed by atoms with Gasteiger partial charge in [0.1, 0.15) is 22.3 Å². The predicted octanol–water partition coefficient (Wildman–Crippen LogP) is 3.65. The summed E-state index contributed by atoms with van der Waals surface area (Å²) in [6.07, 6.45) is 2.93. The number of halogens is 1. The molecule has 134 valence electrons. The lowest BCUT2D eigenvalue weighted by Crippen LogP contribution is -2.31. The molecule has 1 N–H and O–H groups in total. The molecule has 0 saturated carbocycles. The maximum Gasteiger partial charge on any atom is 0.270 e. The van der Waals surface area contributed by atoms with Gasteiger partial charge in [0.05, 0.1) is 12.7 Å². The molecule has 1 aromatic carbocycles. The zero-order valence-electron chi connectivity index (χ0n) is 14.1. The molecule has 1 saturated heterocycles. The van der Waals surface area contributed by atoms with Crippen molar-refractivity contribution in [2.45, 2.75) is 32.3 Å². The minimum atomic E-state index is -0.408. The molecule has 25 heavy (non-hydrogen) atoms. The Morgan fingerprint density at radius 2 is 2.40 bits per heavy atom. The van der Waals surface area contributed by atoms with Crippen LogP contribution in [0.3, 0.4) is 0 Å². The van der Waals surface area contributed by atoms with Gasteiger partial charge in [-0.2, -0.15) is 0 Å². The monoisotopic (exact) mass is 364 g/mol. The lowest BCUT2D eigenvalue weighted by Gasteiger charge is -2.09. The number of hydrogen-bond acceptors (Lipinski definition) is 5. The summed E-state index contributed by atoms with van der Waals surface area (Å²) in [7, 11) is 0. The maximum absolute atomic E-state index is 14.3. The molecule has 0 unspecified atom stereocenters. The van der Waals surface area contributed by atoms with Crippen LogP contribution in [-0.4, -0.2) is 36.8 Å². The Bertz CT molecular complexity index is 729. The Hall–Kier alpha value is -1.99. The number of ether oxygens (including phenoxy) is 2. The molecule has 0 radical (unpaired) electrons. The fourth-order valence-corrected chi connectivity index (χ4v) is 3.41. The first-order chi connectivity index (χ1) is 12.2. The van der Waals surface area contributed by atoms with Crippen LogP contribution in [0.1, 0.15) is 36.7 Å². The molecule has 1 aliphatic rings. The average Bonchev–Trinajstić information content (AvgIpc) is 3.29. The minimum Gasteiger partial charge on any atom is -0.494 e. The van der Waals surface area contributed by atoms with Gasteiger partial charge < -0.3 is 14.8 Å². The molecule has 1 aliphatic heterocycles. The summed E-state index contributed by atoms with van der Waals surface area (Å²) in [5.74, 6) is -0.176. The molecule has 1 aromatic heterocycles. The smallest absolute Gasteiger partial charge is 0.270 e. The molecule has 7 heteroatoms. The highest BCUT2D eigenvalue weighted by Crippen LogP contribution is 2.29. The van der Waals surface area contributed by atoms with Crippen LogP contribution in [0.15, 0.2) is 23.6 Å². The third-order valence-corrected chi connectivity index (χ3v) is 4.77. The van der Waals surface area contributed by atoms with Crippen LogP contribution in [0.4, 0.5) is 4.39 Å². The second-order valence-corrected chi connectivity index (χ2v) is 6.73. The van der Waals surface area contributed by atoms with Crippen molar-refractivity contribution in [3.05, 3.63) is 35.1 Å². The quantitative estimate of drug-likeness (QED) is 0.815. The Kier molecular flexibility index (Phi) is 5.99. The van der Waals surface area contributed by atoms with Crippen molar-refractivity contribution in [1.29, 1.82) is 0 Å². The van der Waals surface area contributed by atoms with E-state index >= 15 is 0 Å². The van der Waals surface area contributed by atoms with Gasteiger partial charge in [-0.25, -0.2) is 9.37 Å². The molecular formula is C18H21FN2O3S. The Morgan fingerprint density at radius 3 is 3.12 bits per heavy atom. The van der Waals surface area contributed by atoms with Crippen molar-refractivity contribution in [3.8, 4) is 16.3 Å². The second-order valence-electron chi connectivity index (χ2n) is 5.87. The molecule has 5 nitrogen and oxygen atoms in total. The van der Waals surface area contributed by atoms with Gasteiger partial charge in [-0.1, -0.05) is 6.92 Å². The number of amides is 1. The molecule has 1 fully saturated rings.